The summed E-state index contributed by atoms with van der Waals surface area (Å²) in [7, 11) is -4.13. The third-order valence-corrected chi connectivity index (χ3v) is 2.40. The highest BCUT2D eigenvalue weighted by molar-refractivity contribution is 7.85. The van der Waals surface area contributed by atoms with Gasteiger partial charge in [0.1, 0.15) is 0 Å². The van der Waals surface area contributed by atoms with Gasteiger partial charge in [0.15, 0.2) is 0 Å². The zero-order valence-corrected chi connectivity index (χ0v) is 8.31. The van der Waals surface area contributed by atoms with E-state index in [9.17, 15) is 18.5 Å². The van der Waals surface area contributed by atoms with Crippen LogP contribution in [0.15, 0.2) is 30.3 Å². The van der Waals surface area contributed by atoms with Crippen LogP contribution in [0.3, 0.4) is 0 Å². The molecule has 0 bridgehead atoms. The Bertz CT molecular complexity index is 414. The van der Waals surface area contributed by atoms with Crippen molar-refractivity contribution in [2.45, 2.75) is 5.75 Å². The largest absolute Gasteiger partial charge is 0.412 e. The van der Waals surface area contributed by atoms with Crippen LogP contribution < -0.4 is 0 Å². The van der Waals surface area contributed by atoms with E-state index in [2.05, 4.69) is 4.28 Å². The van der Waals surface area contributed by atoms with Gasteiger partial charge in [-0.3, -0.25) is 0 Å². The first kappa shape index (κ1) is 13.3. The van der Waals surface area contributed by atoms with Crippen LogP contribution in [0.25, 0.3) is 0 Å². The van der Waals surface area contributed by atoms with Crippen LogP contribution >= 0.6 is 0 Å². The summed E-state index contributed by atoms with van der Waals surface area (Å²) in [6, 6.07) is 8.07. The molecule has 0 amide bonds. The van der Waals surface area contributed by atoms with Crippen molar-refractivity contribution < 1.29 is 23.3 Å². The summed E-state index contributed by atoms with van der Waals surface area (Å²) < 4.78 is 25.4. The van der Waals surface area contributed by atoms with E-state index < -0.39 is 21.0 Å². The zero-order chi connectivity index (χ0) is 10.6. The molecule has 84 valence electrons. The summed E-state index contributed by atoms with van der Waals surface area (Å²) in [5.74, 6) is -0.505. The lowest BCUT2D eigenvalue weighted by Crippen LogP contribution is -2.13. The first-order chi connectivity index (χ1) is 6.49. The lowest BCUT2D eigenvalue weighted by Gasteiger charge is -2.00. The Kier molecular flexibility index (Phi) is 4.68. The lowest BCUT2D eigenvalue weighted by molar-refractivity contribution is -0.711. The van der Waals surface area contributed by atoms with Gasteiger partial charge in [0.05, 0.1) is 5.75 Å². The molecule has 0 heterocycles. The van der Waals surface area contributed by atoms with Crippen molar-refractivity contribution in [2.24, 2.45) is 0 Å². The summed E-state index contributed by atoms with van der Waals surface area (Å²) >= 11 is 0. The molecule has 1 aromatic carbocycles. The number of benzene rings is 1. The molecular weight excluding hydrogens is 226 g/mol. The smallest absolute Gasteiger partial charge is 0.310 e. The molecular formula is C7H9NO6S. The molecule has 0 spiro atoms. The van der Waals surface area contributed by atoms with E-state index in [1.54, 1.807) is 30.3 Å². The summed E-state index contributed by atoms with van der Waals surface area (Å²) in [4.78, 5) is 9.81. The molecule has 1 rings (SSSR count). The van der Waals surface area contributed by atoms with E-state index in [4.69, 9.17) is 0 Å². The van der Waals surface area contributed by atoms with Gasteiger partial charge in [-0.15, -0.1) is 10.1 Å². The molecule has 15 heavy (non-hydrogen) atoms. The summed E-state index contributed by atoms with van der Waals surface area (Å²) in [6.07, 6.45) is 0. The van der Waals surface area contributed by atoms with Crippen molar-refractivity contribution in [3.8, 4) is 0 Å². The molecule has 8 heteroatoms. The van der Waals surface area contributed by atoms with E-state index in [0.29, 0.717) is 5.56 Å². The van der Waals surface area contributed by atoms with Crippen molar-refractivity contribution in [2.75, 3.05) is 0 Å². The van der Waals surface area contributed by atoms with E-state index in [1.807, 2.05) is 0 Å². The Morgan fingerprint density at radius 3 is 2.27 bits per heavy atom. The topological polar surface area (TPSA) is 118 Å². The monoisotopic (exact) mass is 235 g/mol. The van der Waals surface area contributed by atoms with Gasteiger partial charge in [-0.05, 0) is 5.56 Å². The summed E-state index contributed by atoms with van der Waals surface area (Å²) in [5.41, 5.74) is 0.439. The third kappa shape index (κ3) is 4.93. The highest BCUT2D eigenvalue weighted by Crippen LogP contribution is 2.06. The molecule has 0 aliphatic heterocycles. The molecule has 0 unspecified atom stereocenters. The van der Waals surface area contributed by atoms with Gasteiger partial charge in [0, 0.05) is 0 Å². The van der Waals surface area contributed by atoms with Crippen molar-refractivity contribution in [3.63, 3.8) is 0 Å². The Morgan fingerprint density at radius 2 is 1.80 bits per heavy atom. The predicted molar refractivity (Wildman–Crippen MR) is 50.8 cm³/mol. The highest BCUT2D eigenvalue weighted by Gasteiger charge is 2.16. The normalized spacial score (nSPS) is 10.1. The van der Waals surface area contributed by atoms with Crippen molar-refractivity contribution >= 4 is 10.1 Å². The van der Waals surface area contributed by atoms with Crippen LogP contribution in [0, 0.1) is 10.1 Å². The Balaban J connectivity index is 0.00000196. The van der Waals surface area contributed by atoms with Crippen LogP contribution in [0.1, 0.15) is 5.56 Å². The second-order valence-electron chi connectivity index (χ2n) is 2.49. The molecule has 0 saturated heterocycles. The fourth-order valence-electron chi connectivity index (χ4n) is 0.897. The Labute approximate surface area is 85.8 Å². The Hall–Kier alpha value is -1.67. The van der Waals surface area contributed by atoms with Gasteiger partial charge in [0.2, 0.25) is 0 Å². The maximum atomic E-state index is 10.9. The average Bonchev–Trinajstić information content (AvgIpc) is 2.02. The van der Waals surface area contributed by atoms with E-state index >= 15 is 0 Å². The first-order valence-corrected chi connectivity index (χ1v) is 5.18. The second-order valence-corrected chi connectivity index (χ2v) is 4.04. The fourth-order valence-corrected chi connectivity index (χ4v) is 1.74. The first-order valence-electron chi connectivity index (χ1n) is 3.60. The Morgan fingerprint density at radius 1 is 1.27 bits per heavy atom. The van der Waals surface area contributed by atoms with Gasteiger partial charge >= 0.3 is 15.2 Å². The van der Waals surface area contributed by atoms with Gasteiger partial charge in [-0.25, -0.2) is 8.42 Å². The van der Waals surface area contributed by atoms with Crippen molar-refractivity contribution in [1.29, 1.82) is 0 Å². The summed E-state index contributed by atoms with van der Waals surface area (Å²) in [6.45, 7) is 0. The molecule has 7 nitrogen and oxygen atoms in total. The molecule has 0 fully saturated rings. The fraction of sp³-hybridized carbons (Fsp3) is 0.143. The number of hydrogen-bond donors (Lipinski definition) is 0. The van der Waals surface area contributed by atoms with Crippen molar-refractivity contribution in [1.82, 2.24) is 0 Å². The molecule has 0 radical (unpaired) electrons. The second kappa shape index (κ2) is 5.27. The highest BCUT2D eigenvalue weighted by atomic mass is 32.2. The molecule has 2 N–H and O–H groups in total. The maximum absolute atomic E-state index is 10.9. The minimum Gasteiger partial charge on any atom is -0.412 e. The van der Waals surface area contributed by atoms with Gasteiger partial charge in [-0.1, -0.05) is 30.3 Å². The maximum Gasteiger partial charge on any atom is 0.310 e. The van der Waals surface area contributed by atoms with Crippen molar-refractivity contribution in [3.05, 3.63) is 46.0 Å². The van der Waals surface area contributed by atoms with Crippen LogP contribution in [-0.2, 0) is 20.2 Å². The number of nitrogens with zero attached hydrogens (tertiary/aromatic N) is 1. The minimum absolute atomic E-state index is 0. The minimum atomic E-state index is -4.13. The van der Waals surface area contributed by atoms with Crippen LogP contribution in [0.5, 0.6) is 0 Å². The van der Waals surface area contributed by atoms with Crippen LogP contribution in [0.2, 0.25) is 0 Å². The predicted octanol–water partition coefficient (Wildman–Crippen LogP) is -0.100. The SMILES string of the molecule is O.O=[N+]([O-])OS(=O)(=O)Cc1ccccc1. The quantitative estimate of drug-likeness (QED) is 0.533. The van der Waals surface area contributed by atoms with Crippen LogP contribution in [-0.4, -0.2) is 19.0 Å². The van der Waals surface area contributed by atoms with Gasteiger partial charge in [0.25, 0.3) is 0 Å². The van der Waals surface area contributed by atoms with Crippen LogP contribution in [0.4, 0.5) is 0 Å². The lowest BCUT2D eigenvalue weighted by atomic mass is 10.2. The standard InChI is InChI=1S/C7H7NO5S.H2O/c9-8(10)13-14(11,12)6-7-4-2-1-3-5-7;/h1-5H,6H2;1H2. The molecule has 1 aromatic rings. The third-order valence-electron chi connectivity index (χ3n) is 1.36. The van der Waals surface area contributed by atoms with E-state index in [0.717, 1.165) is 0 Å². The molecule has 0 saturated carbocycles. The van der Waals surface area contributed by atoms with E-state index in [-0.39, 0.29) is 5.48 Å². The molecule has 0 aliphatic rings. The summed E-state index contributed by atoms with van der Waals surface area (Å²) in [5, 5.41) is 8.47. The molecule has 0 atom stereocenters. The molecule has 0 aromatic heterocycles. The van der Waals surface area contributed by atoms with E-state index in [1.165, 1.54) is 0 Å². The van der Waals surface area contributed by atoms with Gasteiger partial charge in [-0.2, -0.15) is 4.28 Å². The molecule has 0 aliphatic carbocycles. The number of rotatable bonds is 4. The number of hydrogen-bond acceptors (Lipinski definition) is 5. The average molecular weight is 235 g/mol. The zero-order valence-electron chi connectivity index (χ0n) is 7.49. The van der Waals surface area contributed by atoms with Gasteiger partial charge < -0.3 is 5.48 Å².